The minimum atomic E-state index is -0.149. The molecule has 2 rings (SSSR count). The van der Waals surface area contributed by atoms with E-state index in [1.54, 1.807) is 24.5 Å². The van der Waals surface area contributed by atoms with Gasteiger partial charge in [0.25, 0.3) is 5.91 Å². The van der Waals surface area contributed by atoms with Gasteiger partial charge in [0.05, 0.1) is 11.6 Å². The molecule has 0 aromatic carbocycles. The summed E-state index contributed by atoms with van der Waals surface area (Å²) in [5.41, 5.74) is 0.546. The lowest BCUT2D eigenvalue weighted by molar-refractivity contribution is 0.0940. The topological polar surface area (TPSA) is 66.9 Å². The molecule has 6 heteroatoms. The zero-order valence-corrected chi connectivity index (χ0v) is 12.6. The van der Waals surface area contributed by atoms with Crippen molar-refractivity contribution >= 4 is 23.1 Å². The second-order valence-corrected chi connectivity index (χ2v) is 5.69. The Labute approximate surface area is 122 Å². The zero-order valence-electron chi connectivity index (χ0n) is 11.8. The number of rotatable bonds is 5. The third kappa shape index (κ3) is 3.54. The number of carbonyl (C=O) groups excluding carboxylic acids is 1. The van der Waals surface area contributed by atoms with Crippen LogP contribution in [0.2, 0.25) is 0 Å². The minimum Gasteiger partial charge on any atom is -0.367 e. The SMILES string of the molecule is CC(C)Nc1ncccc1C(=O)N[C@H](C)c1nccs1. The van der Waals surface area contributed by atoms with Crippen molar-refractivity contribution in [2.75, 3.05) is 5.32 Å². The van der Waals surface area contributed by atoms with E-state index in [1.807, 2.05) is 26.2 Å². The van der Waals surface area contributed by atoms with E-state index in [4.69, 9.17) is 0 Å². The molecule has 0 saturated heterocycles. The summed E-state index contributed by atoms with van der Waals surface area (Å²) < 4.78 is 0. The van der Waals surface area contributed by atoms with Crippen LogP contribution in [0.1, 0.15) is 42.2 Å². The van der Waals surface area contributed by atoms with E-state index in [-0.39, 0.29) is 18.0 Å². The Morgan fingerprint density at radius 2 is 2.05 bits per heavy atom. The van der Waals surface area contributed by atoms with E-state index in [1.165, 1.54) is 11.3 Å². The van der Waals surface area contributed by atoms with Crippen LogP contribution < -0.4 is 10.6 Å². The van der Waals surface area contributed by atoms with E-state index in [2.05, 4.69) is 20.6 Å². The van der Waals surface area contributed by atoms with E-state index in [0.29, 0.717) is 11.4 Å². The first-order valence-corrected chi connectivity index (χ1v) is 7.37. The Bertz CT molecular complexity index is 568. The van der Waals surface area contributed by atoms with Crippen LogP contribution in [0.25, 0.3) is 0 Å². The van der Waals surface area contributed by atoms with Gasteiger partial charge in [0.2, 0.25) is 0 Å². The van der Waals surface area contributed by atoms with Gasteiger partial charge in [0.15, 0.2) is 0 Å². The van der Waals surface area contributed by atoms with Crippen molar-refractivity contribution in [2.45, 2.75) is 32.9 Å². The van der Waals surface area contributed by atoms with Crippen LogP contribution in [0.3, 0.4) is 0 Å². The molecule has 0 bridgehead atoms. The van der Waals surface area contributed by atoms with Gasteiger partial charge >= 0.3 is 0 Å². The largest absolute Gasteiger partial charge is 0.367 e. The maximum atomic E-state index is 12.3. The molecule has 0 unspecified atom stereocenters. The maximum Gasteiger partial charge on any atom is 0.255 e. The summed E-state index contributed by atoms with van der Waals surface area (Å²) in [6, 6.07) is 3.62. The van der Waals surface area contributed by atoms with Crippen molar-refractivity contribution in [3.8, 4) is 0 Å². The van der Waals surface area contributed by atoms with Crippen molar-refractivity contribution in [2.24, 2.45) is 0 Å². The maximum absolute atomic E-state index is 12.3. The number of aromatic nitrogens is 2. The van der Waals surface area contributed by atoms with E-state index in [9.17, 15) is 4.79 Å². The molecular formula is C14H18N4OS. The molecule has 2 heterocycles. The van der Waals surface area contributed by atoms with Gasteiger partial charge < -0.3 is 10.6 Å². The van der Waals surface area contributed by atoms with Crippen molar-refractivity contribution < 1.29 is 4.79 Å². The van der Waals surface area contributed by atoms with Crippen LogP contribution in [0.15, 0.2) is 29.9 Å². The van der Waals surface area contributed by atoms with Gasteiger partial charge in [-0.05, 0) is 32.9 Å². The highest BCUT2D eigenvalue weighted by molar-refractivity contribution is 7.09. The first kappa shape index (κ1) is 14.5. The molecule has 0 fully saturated rings. The van der Waals surface area contributed by atoms with Crippen molar-refractivity contribution in [1.82, 2.24) is 15.3 Å². The molecule has 0 saturated carbocycles. The number of pyridine rings is 1. The highest BCUT2D eigenvalue weighted by Crippen LogP contribution is 2.17. The monoisotopic (exact) mass is 290 g/mol. The molecule has 2 aromatic heterocycles. The number of hydrogen-bond acceptors (Lipinski definition) is 5. The molecule has 0 spiro atoms. The van der Waals surface area contributed by atoms with Gasteiger partial charge in [-0.3, -0.25) is 4.79 Å². The van der Waals surface area contributed by atoms with E-state index < -0.39 is 0 Å². The summed E-state index contributed by atoms with van der Waals surface area (Å²) in [6.07, 6.45) is 3.41. The Morgan fingerprint density at radius 3 is 2.70 bits per heavy atom. The highest BCUT2D eigenvalue weighted by atomic mass is 32.1. The summed E-state index contributed by atoms with van der Waals surface area (Å²) in [7, 11) is 0. The molecule has 2 N–H and O–H groups in total. The number of nitrogens with one attached hydrogen (secondary N) is 2. The number of amides is 1. The average molecular weight is 290 g/mol. The molecule has 5 nitrogen and oxygen atoms in total. The normalized spacial score (nSPS) is 12.2. The third-order valence-electron chi connectivity index (χ3n) is 2.65. The zero-order chi connectivity index (χ0) is 14.5. The van der Waals surface area contributed by atoms with Crippen LogP contribution in [-0.4, -0.2) is 21.9 Å². The number of hydrogen-bond donors (Lipinski definition) is 2. The Morgan fingerprint density at radius 1 is 1.25 bits per heavy atom. The van der Waals surface area contributed by atoms with Gasteiger partial charge in [-0.15, -0.1) is 11.3 Å². The molecule has 106 valence electrons. The lowest BCUT2D eigenvalue weighted by Crippen LogP contribution is -2.28. The van der Waals surface area contributed by atoms with Gasteiger partial charge in [-0.1, -0.05) is 0 Å². The summed E-state index contributed by atoms with van der Waals surface area (Å²) in [5.74, 6) is 0.454. The van der Waals surface area contributed by atoms with E-state index in [0.717, 1.165) is 5.01 Å². The fourth-order valence-electron chi connectivity index (χ4n) is 1.76. The number of carbonyl (C=O) groups is 1. The molecule has 0 aliphatic heterocycles. The van der Waals surface area contributed by atoms with Gasteiger partial charge in [0.1, 0.15) is 10.8 Å². The number of nitrogens with zero attached hydrogens (tertiary/aromatic N) is 2. The van der Waals surface area contributed by atoms with Crippen LogP contribution in [0.4, 0.5) is 5.82 Å². The van der Waals surface area contributed by atoms with Crippen molar-refractivity contribution in [3.05, 3.63) is 40.5 Å². The van der Waals surface area contributed by atoms with E-state index >= 15 is 0 Å². The first-order chi connectivity index (χ1) is 9.58. The average Bonchev–Trinajstić information content (AvgIpc) is 2.92. The molecule has 20 heavy (non-hydrogen) atoms. The number of anilines is 1. The summed E-state index contributed by atoms with van der Waals surface area (Å²) >= 11 is 1.53. The number of thiazole rings is 1. The van der Waals surface area contributed by atoms with Crippen molar-refractivity contribution in [1.29, 1.82) is 0 Å². The fourth-order valence-corrected chi connectivity index (χ4v) is 2.41. The minimum absolute atomic E-state index is 0.116. The highest BCUT2D eigenvalue weighted by Gasteiger charge is 2.17. The summed E-state index contributed by atoms with van der Waals surface area (Å²) in [6.45, 7) is 5.94. The summed E-state index contributed by atoms with van der Waals surface area (Å²) in [4.78, 5) is 20.8. The second-order valence-electron chi connectivity index (χ2n) is 4.76. The third-order valence-corrected chi connectivity index (χ3v) is 3.61. The Hall–Kier alpha value is -1.95. The predicted octanol–water partition coefficient (Wildman–Crippen LogP) is 2.85. The fraction of sp³-hybridized carbons (Fsp3) is 0.357. The Kier molecular flexibility index (Phi) is 4.68. The first-order valence-electron chi connectivity index (χ1n) is 6.49. The van der Waals surface area contributed by atoms with Gasteiger partial charge in [0, 0.05) is 23.8 Å². The van der Waals surface area contributed by atoms with Gasteiger partial charge in [-0.25, -0.2) is 9.97 Å². The Balaban J connectivity index is 2.13. The molecular weight excluding hydrogens is 272 g/mol. The summed E-state index contributed by atoms with van der Waals surface area (Å²) in [5, 5.41) is 8.90. The molecule has 0 radical (unpaired) electrons. The lowest BCUT2D eigenvalue weighted by Gasteiger charge is -2.15. The smallest absolute Gasteiger partial charge is 0.255 e. The van der Waals surface area contributed by atoms with Crippen LogP contribution >= 0.6 is 11.3 Å². The standard InChI is InChI=1S/C14H18N4OS/c1-9(2)17-12-11(5-4-6-15-12)13(19)18-10(3)14-16-7-8-20-14/h4-10H,1-3H3,(H,15,17)(H,18,19)/t10-/m1/s1. The molecule has 0 aliphatic rings. The van der Waals surface area contributed by atoms with Crippen LogP contribution in [0, 0.1) is 0 Å². The molecule has 1 amide bonds. The molecule has 1 atom stereocenters. The van der Waals surface area contributed by atoms with Crippen LogP contribution in [0.5, 0.6) is 0 Å². The second kappa shape index (κ2) is 6.47. The molecule has 2 aromatic rings. The lowest BCUT2D eigenvalue weighted by atomic mass is 10.2. The molecule has 0 aliphatic carbocycles. The quantitative estimate of drug-likeness (QED) is 0.888. The van der Waals surface area contributed by atoms with Crippen LogP contribution in [-0.2, 0) is 0 Å². The van der Waals surface area contributed by atoms with Gasteiger partial charge in [-0.2, -0.15) is 0 Å². The predicted molar refractivity (Wildman–Crippen MR) is 81.0 cm³/mol. The van der Waals surface area contributed by atoms with Crippen molar-refractivity contribution in [3.63, 3.8) is 0 Å².